The van der Waals surface area contributed by atoms with Gasteiger partial charge >= 0.3 is 0 Å². The molecule has 2 amide bonds. The molecule has 1 saturated heterocycles. The zero-order chi connectivity index (χ0) is 16.8. The molecule has 2 aliphatic rings. The van der Waals surface area contributed by atoms with Crippen molar-refractivity contribution < 1.29 is 14.9 Å². The van der Waals surface area contributed by atoms with Gasteiger partial charge in [0.2, 0.25) is 0 Å². The number of likely N-dealkylation sites (tertiary alicyclic amines) is 1. The maximum Gasteiger partial charge on any atom is 0.279 e. The molecule has 3 rings (SSSR count). The van der Waals surface area contributed by atoms with E-state index in [0.29, 0.717) is 18.2 Å². The highest BCUT2D eigenvalue weighted by Gasteiger charge is 2.20. The third-order valence-electron chi connectivity index (χ3n) is 5.10. The van der Waals surface area contributed by atoms with Crippen LogP contribution in [0.4, 0.5) is 5.69 Å². The lowest BCUT2D eigenvalue weighted by Crippen LogP contribution is -2.91. The molecule has 0 radical (unpaired) electrons. The van der Waals surface area contributed by atoms with E-state index in [1.807, 2.05) is 29.2 Å². The van der Waals surface area contributed by atoms with Crippen LogP contribution in [0.2, 0.25) is 0 Å². The fourth-order valence-corrected chi connectivity index (χ4v) is 3.65. The summed E-state index contributed by atoms with van der Waals surface area (Å²) in [6, 6.07) is 7.88. The second-order valence-electron chi connectivity index (χ2n) is 6.96. The summed E-state index contributed by atoms with van der Waals surface area (Å²) < 4.78 is 0. The lowest BCUT2D eigenvalue weighted by Gasteiger charge is -2.26. The lowest BCUT2D eigenvalue weighted by molar-refractivity contribution is -0.677. The van der Waals surface area contributed by atoms with Gasteiger partial charge in [-0.25, -0.2) is 0 Å². The Bertz CT molecular complexity index is 558. The first-order chi connectivity index (χ1) is 11.7. The van der Waals surface area contributed by atoms with Crippen LogP contribution in [-0.4, -0.2) is 42.4 Å². The SMILES string of the molecule is O=C(C[NH2+]C1CCCC1)Nc1ccc(C(=O)N2CCCCC2)cc1. The van der Waals surface area contributed by atoms with Crippen molar-refractivity contribution in [1.82, 2.24) is 4.90 Å². The first-order valence-corrected chi connectivity index (χ1v) is 9.25. The standard InChI is InChI=1S/C19H27N3O2/c23-18(14-20-16-6-2-3-7-16)21-17-10-8-15(9-11-17)19(24)22-12-4-1-5-13-22/h8-11,16,20H,1-7,12-14H2,(H,21,23)/p+1. The van der Waals surface area contributed by atoms with E-state index in [-0.39, 0.29) is 11.8 Å². The first kappa shape index (κ1) is 17.0. The van der Waals surface area contributed by atoms with Crippen LogP contribution < -0.4 is 10.6 Å². The number of anilines is 1. The predicted octanol–water partition coefficient (Wildman–Crippen LogP) is 1.76. The van der Waals surface area contributed by atoms with E-state index >= 15 is 0 Å². The number of nitrogens with one attached hydrogen (secondary N) is 1. The molecule has 0 atom stereocenters. The Morgan fingerprint density at radius 1 is 1.00 bits per heavy atom. The van der Waals surface area contributed by atoms with E-state index in [1.54, 1.807) is 0 Å². The molecule has 1 aromatic carbocycles. The molecule has 130 valence electrons. The largest absolute Gasteiger partial charge is 0.339 e. The smallest absolute Gasteiger partial charge is 0.279 e. The van der Waals surface area contributed by atoms with Crippen LogP contribution in [0.5, 0.6) is 0 Å². The van der Waals surface area contributed by atoms with E-state index in [0.717, 1.165) is 31.6 Å². The summed E-state index contributed by atoms with van der Waals surface area (Å²) in [6.07, 6.45) is 8.42. The zero-order valence-corrected chi connectivity index (χ0v) is 14.3. The number of nitrogens with zero attached hydrogens (tertiary/aromatic N) is 1. The summed E-state index contributed by atoms with van der Waals surface area (Å²) in [4.78, 5) is 26.4. The molecule has 1 heterocycles. The molecule has 1 saturated carbocycles. The Hall–Kier alpha value is -1.88. The Kier molecular flexibility index (Phi) is 5.86. The normalized spacial score (nSPS) is 18.6. The van der Waals surface area contributed by atoms with Crippen molar-refractivity contribution in [3.8, 4) is 0 Å². The third-order valence-corrected chi connectivity index (χ3v) is 5.10. The molecule has 2 fully saturated rings. The number of rotatable bonds is 5. The van der Waals surface area contributed by atoms with Crippen LogP contribution >= 0.6 is 0 Å². The number of carbonyl (C=O) groups is 2. The minimum absolute atomic E-state index is 0.0250. The monoisotopic (exact) mass is 330 g/mol. The summed E-state index contributed by atoms with van der Waals surface area (Å²) in [7, 11) is 0. The number of nitrogens with two attached hydrogens (primary N) is 1. The van der Waals surface area contributed by atoms with Crippen molar-refractivity contribution in [3.63, 3.8) is 0 Å². The fourth-order valence-electron chi connectivity index (χ4n) is 3.65. The number of amides is 2. The zero-order valence-electron chi connectivity index (χ0n) is 14.3. The minimum atomic E-state index is 0.0250. The van der Waals surface area contributed by atoms with Gasteiger partial charge in [0.15, 0.2) is 6.54 Å². The summed E-state index contributed by atoms with van der Waals surface area (Å²) in [5.41, 5.74) is 1.46. The molecular formula is C19H28N3O2+. The number of quaternary nitrogens is 1. The Balaban J connectivity index is 1.48. The molecule has 5 heteroatoms. The van der Waals surface area contributed by atoms with Gasteiger partial charge in [0.05, 0.1) is 6.04 Å². The molecule has 0 bridgehead atoms. The Morgan fingerprint density at radius 3 is 2.33 bits per heavy atom. The molecule has 1 aliphatic heterocycles. The van der Waals surface area contributed by atoms with Crippen molar-refractivity contribution in [2.45, 2.75) is 51.0 Å². The van der Waals surface area contributed by atoms with E-state index < -0.39 is 0 Å². The number of carbonyl (C=O) groups excluding carboxylic acids is 2. The highest BCUT2D eigenvalue weighted by Crippen LogP contribution is 2.16. The van der Waals surface area contributed by atoms with E-state index in [2.05, 4.69) is 10.6 Å². The van der Waals surface area contributed by atoms with Crippen molar-refractivity contribution in [3.05, 3.63) is 29.8 Å². The van der Waals surface area contributed by atoms with Crippen LogP contribution in [0.1, 0.15) is 55.3 Å². The van der Waals surface area contributed by atoms with Crippen LogP contribution in [0.25, 0.3) is 0 Å². The first-order valence-electron chi connectivity index (χ1n) is 9.25. The number of benzene rings is 1. The van der Waals surface area contributed by atoms with Gasteiger partial charge in [-0.2, -0.15) is 0 Å². The fraction of sp³-hybridized carbons (Fsp3) is 0.579. The van der Waals surface area contributed by atoms with Gasteiger partial charge in [0.1, 0.15) is 0 Å². The van der Waals surface area contributed by atoms with Gasteiger partial charge in [-0.15, -0.1) is 0 Å². The summed E-state index contributed by atoms with van der Waals surface area (Å²) in [6.45, 7) is 2.18. The number of piperidine rings is 1. The van der Waals surface area contributed by atoms with E-state index in [1.165, 1.54) is 32.1 Å². The van der Waals surface area contributed by atoms with Crippen molar-refractivity contribution >= 4 is 17.5 Å². The second kappa shape index (κ2) is 8.29. The highest BCUT2D eigenvalue weighted by atomic mass is 16.2. The second-order valence-corrected chi connectivity index (χ2v) is 6.96. The average molecular weight is 330 g/mol. The van der Waals surface area contributed by atoms with Crippen LogP contribution in [0, 0.1) is 0 Å². The quantitative estimate of drug-likeness (QED) is 0.864. The summed E-state index contributed by atoms with van der Waals surface area (Å²) in [5, 5.41) is 5.07. The molecule has 0 spiro atoms. The van der Waals surface area contributed by atoms with Gasteiger partial charge in [0.25, 0.3) is 11.8 Å². The molecule has 1 aromatic rings. The van der Waals surface area contributed by atoms with E-state index in [4.69, 9.17) is 0 Å². The number of hydrogen-bond acceptors (Lipinski definition) is 2. The van der Waals surface area contributed by atoms with Crippen molar-refractivity contribution in [1.29, 1.82) is 0 Å². The molecule has 0 unspecified atom stereocenters. The minimum Gasteiger partial charge on any atom is -0.339 e. The van der Waals surface area contributed by atoms with Crippen LogP contribution in [0.15, 0.2) is 24.3 Å². The molecule has 24 heavy (non-hydrogen) atoms. The van der Waals surface area contributed by atoms with Gasteiger partial charge < -0.3 is 15.5 Å². The lowest BCUT2D eigenvalue weighted by atomic mass is 10.1. The Morgan fingerprint density at radius 2 is 1.67 bits per heavy atom. The van der Waals surface area contributed by atoms with Crippen molar-refractivity contribution in [2.75, 3.05) is 25.0 Å². The average Bonchev–Trinajstić information content (AvgIpc) is 3.14. The highest BCUT2D eigenvalue weighted by molar-refractivity contribution is 5.96. The number of hydrogen-bond donors (Lipinski definition) is 2. The maximum atomic E-state index is 12.4. The van der Waals surface area contributed by atoms with Gasteiger partial charge in [-0.05, 0) is 69.2 Å². The van der Waals surface area contributed by atoms with Gasteiger partial charge in [-0.3, -0.25) is 9.59 Å². The molecule has 3 N–H and O–H groups in total. The van der Waals surface area contributed by atoms with Gasteiger partial charge in [0, 0.05) is 24.3 Å². The van der Waals surface area contributed by atoms with E-state index in [9.17, 15) is 9.59 Å². The molecule has 1 aliphatic carbocycles. The third kappa shape index (κ3) is 4.57. The van der Waals surface area contributed by atoms with Crippen LogP contribution in [-0.2, 0) is 4.79 Å². The van der Waals surface area contributed by atoms with Crippen LogP contribution in [0.3, 0.4) is 0 Å². The van der Waals surface area contributed by atoms with Crippen molar-refractivity contribution in [2.24, 2.45) is 0 Å². The molecule has 0 aromatic heterocycles. The predicted molar refractivity (Wildman–Crippen MR) is 93.9 cm³/mol. The molecule has 5 nitrogen and oxygen atoms in total. The summed E-state index contributed by atoms with van der Waals surface area (Å²) >= 11 is 0. The maximum absolute atomic E-state index is 12.4. The van der Waals surface area contributed by atoms with Gasteiger partial charge in [-0.1, -0.05) is 0 Å². The summed E-state index contributed by atoms with van der Waals surface area (Å²) in [5.74, 6) is 0.124. The topological polar surface area (TPSA) is 66.0 Å². The Labute approximate surface area is 143 Å². The molecular weight excluding hydrogens is 302 g/mol.